The van der Waals surface area contributed by atoms with Gasteiger partial charge in [-0.2, -0.15) is 0 Å². The largest absolute Gasteiger partial charge is 0.480 e. The van der Waals surface area contributed by atoms with Gasteiger partial charge in [0.25, 0.3) is 5.91 Å². The molecule has 2 aliphatic rings. The molecule has 0 saturated heterocycles. The van der Waals surface area contributed by atoms with Gasteiger partial charge in [-0.3, -0.25) is 53.3 Å². The smallest absolute Gasteiger partial charge is 0.317 e. The molecule has 0 aliphatic carbocycles. The number of likely N-dealkylation sites (N-methyl/N-ethyl adjacent to an activating group) is 1. The zero-order chi connectivity index (χ0) is 51.4. The van der Waals surface area contributed by atoms with Crippen LogP contribution >= 0.6 is 0 Å². The summed E-state index contributed by atoms with van der Waals surface area (Å²) < 4.78 is 5.23. The summed E-state index contributed by atoms with van der Waals surface area (Å²) in [4.78, 5) is 112. The molecule has 7 N–H and O–H groups in total. The molecule has 20 nitrogen and oxygen atoms in total. The number of aryl methyl sites for hydroxylation is 2. The lowest BCUT2D eigenvalue weighted by molar-refractivity contribution is -0.140. The Hall–Kier alpha value is -6.51. The van der Waals surface area contributed by atoms with E-state index in [0.717, 1.165) is 23.4 Å². The molecule has 5 rings (SSSR count). The van der Waals surface area contributed by atoms with E-state index in [4.69, 9.17) is 14.7 Å². The zero-order valence-electron chi connectivity index (χ0n) is 42.0. The fourth-order valence-corrected chi connectivity index (χ4v) is 9.23. The van der Waals surface area contributed by atoms with Crippen LogP contribution in [0, 0.1) is 13.8 Å². The van der Waals surface area contributed by atoms with Gasteiger partial charge in [0, 0.05) is 110 Å². The minimum absolute atomic E-state index is 0.0313. The molecule has 380 valence electrons. The lowest BCUT2D eigenvalue weighted by Gasteiger charge is -2.26. The van der Waals surface area contributed by atoms with Crippen LogP contribution in [0.1, 0.15) is 124 Å². The minimum Gasteiger partial charge on any atom is -0.480 e. The number of carbonyl (C=O) groups is 7. The van der Waals surface area contributed by atoms with Crippen molar-refractivity contribution in [3.63, 3.8) is 0 Å². The monoisotopic (exact) mass is 971 g/mol. The number of carbonyl (C=O) groups excluding carboxylic acids is 5. The first-order valence-corrected chi connectivity index (χ1v) is 23.9. The van der Waals surface area contributed by atoms with Gasteiger partial charge in [-0.1, -0.05) is 13.8 Å². The van der Waals surface area contributed by atoms with Crippen LogP contribution in [0.5, 0.6) is 0 Å². The summed E-state index contributed by atoms with van der Waals surface area (Å²) in [5.74, 6) is -4.44. The van der Waals surface area contributed by atoms with Gasteiger partial charge < -0.3 is 45.8 Å². The van der Waals surface area contributed by atoms with E-state index in [1.807, 2.05) is 58.0 Å². The SMILES string of the molecule is CC[C@@H]1Cc2cc3[nH]c(cc4nc(c(CC(=O)OC)c5[nH]c(cc1n2)c(C)c5C(=O)NCCCNC(=O)CN(CCN(CCN(C)C)CC(=O)O)CC(=O)O)[C@@H](CCC(=O)NC)C4C)c(C)c3C(C)=O. The maximum Gasteiger partial charge on any atom is 0.317 e. The number of H-pyrrole nitrogens is 2. The van der Waals surface area contributed by atoms with E-state index in [2.05, 4.69) is 32.8 Å². The highest BCUT2D eigenvalue weighted by molar-refractivity contribution is 6.06. The number of hydrogen-bond acceptors (Lipinski definition) is 13. The van der Waals surface area contributed by atoms with Crippen molar-refractivity contribution >= 4 is 63.5 Å². The molecule has 1 unspecified atom stereocenters. The number of Topliss-reactive ketones (excluding diaryl/α,β-unsaturated/α-hetero) is 1. The Morgan fingerprint density at radius 2 is 1.43 bits per heavy atom. The lowest BCUT2D eigenvalue weighted by Crippen LogP contribution is -2.45. The number of amides is 3. The first-order valence-electron chi connectivity index (χ1n) is 23.9. The molecule has 20 heteroatoms. The Morgan fingerprint density at radius 3 is 2.07 bits per heavy atom. The van der Waals surface area contributed by atoms with Gasteiger partial charge in [-0.25, -0.2) is 0 Å². The Balaban J connectivity index is 1.53. The van der Waals surface area contributed by atoms with Crippen molar-refractivity contribution in [3.8, 4) is 0 Å². The molecule has 70 heavy (non-hydrogen) atoms. The highest BCUT2D eigenvalue weighted by atomic mass is 16.5. The zero-order valence-corrected chi connectivity index (χ0v) is 42.0. The number of aliphatic carboxylic acids is 2. The average Bonchev–Trinajstić information content (AvgIpc) is 4.02. The molecule has 3 amide bonds. The minimum atomic E-state index is -1.13. The van der Waals surface area contributed by atoms with Gasteiger partial charge in [0.1, 0.15) is 0 Å². The third-order valence-electron chi connectivity index (χ3n) is 13.2. The average molecular weight is 971 g/mol. The van der Waals surface area contributed by atoms with E-state index >= 15 is 0 Å². The Kier molecular flexibility index (Phi) is 19.3. The van der Waals surface area contributed by atoms with Gasteiger partial charge in [0.05, 0.1) is 55.5 Å². The number of nitrogens with zero attached hydrogens (tertiary/aromatic N) is 5. The second-order valence-electron chi connectivity index (χ2n) is 18.5. The third-order valence-corrected chi connectivity index (χ3v) is 13.2. The van der Waals surface area contributed by atoms with Crippen molar-refractivity contribution in [1.82, 2.24) is 50.6 Å². The number of rotatable bonds is 24. The molecule has 3 atom stereocenters. The summed E-state index contributed by atoms with van der Waals surface area (Å²) in [5, 5.41) is 27.4. The summed E-state index contributed by atoms with van der Waals surface area (Å²) in [6.45, 7) is 10.2. The Labute approximate surface area is 408 Å². The van der Waals surface area contributed by atoms with E-state index in [1.54, 1.807) is 11.9 Å². The lowest BCUT2D eigenvalue weighted by atomic mass is 9.85. The van der Waals surface area contributed by atoms with Crippen molar-refractivity contribution in [3.05, 3.63) is 68.8 Å². The van der Waals surface area contributed by atoms with E-state index in [9.17, 15) is 43.8 Å². The summed E-state index contributed by atoms with van der Waals surface area (Å²) in [6.07, 6.45) is 2.00. The van der Waals surface area contributed by atoms with Crippen LogP contribution in [0.3, 0.4) is 0 Å². The molecule has 0 fully saturated rings. The van der Waals surface area contributed by atoms with E-state index in [-0.39, 0.29) is 87.1 Å². The molecule has 2 aliphatic heterocycles. The molecular formula is C50H70N10O10. The summed E-state index contributed by atoms with van der Waals surface area (Å²) in [5.41, 5.74) is 7.67. The van der Waals surface area contributed by atoms with Gasteiger partial charge in [-0.05, 0) is 89.9 Å². The first-order chi connectivity index (χ1) is 33.2. The predicted molar refractivity (Wildman–Crippen MR) is 264 cm³/mol. The summed E-state index contributed by atoms with van der Waals surface area (Å²) in [7, 11) is 6.59. The number of carboxylic acids is 2. The standard InChI is InChI=1S/C50H70N10O10/c1-10-32-20-33-21-40-46(31(5)61)29(3)37(55-40)23-36-28(2)34(12-13-41(62)51-6)48(56-36)35(22-45(68)70-9)49-47(30(4)38(57-49)24-39(32)54-33)50(69)53-15-11-14-52-42(63)25-60(27-44(66)67)19-18-59(26-43(64)65)17-16-58(7)8/h21,23-24,28,32,34,55,57H,10-20,22,25-27H2,1-9H3,(H,51,62)(H,52,63)(H,53,69)(H,64,65)(H,66,67)/t28?,32-,34+/m1/s1. The first kappa shape index (κ1) is 54.4. The number of ether oxygens (including phenoxy) is 1. The van der Waals surface area contributed by atoms with Gasteiger partial charge in [0.15, 0.2) is 5.78 Å². The maximum atomic E-state index is 14.6. The molecule has 3 aromatic rings. The highest BCUT2D eigenvalue weighted by Gasteiger charge is 2.34. The van der Waals surface area contributed by atoms with Crippen molar-refractivity contribution in [2.45, 2.75) is 90.9 Å². The topological polar surface area (TPSA) is 272 Å². The molecule has 8 bridgehead atoms. The number of ketones is 1. The fraction of sp³-hybridized carbons (Fsp3) is 0.540. The second kappa shape index (κ2) is 24.9. The number of fused-ring (bicyclic) bond motifs is 8. The number of esters is 1. The molecule has 0 saturated carbocycles. The van der Waals surface area contributed by atoms with Gasteiger partial charge >= 0.3 is 17.9 Å². The van der Waals surface area contributed by atoms with Crippen molar-refractivity contribution < 1.29 is 48.5 Å². The maximum absolute atomic E-state index is 14.6. The molecule has 5 heterocycles. The Morgan fingerprint density at radius 1 is 0.800 bits per heavy atom. The highest BCUT2D eigenvalue weighted by Crippen LogP contribution is 2.43. The van der Waals surface area contributed by atoms with Gasteiger partial charge in [-0.15, -0.1) is 0 Å². The third kappa shape index (κ3) is 14.1. The van der Waals surface area contributed by atoms with Crippen LogP contribution in [0.25, 0.3) is 22.1 Å². The molecule has 3 aromatic heterocycles. The number of methoxy groups -OCH3 is 1. The van der Waals surface area contributed by atoms with Crippen molar-refractivity contribution in [1.29, 1.82) is 0 Å². The molecular weight excluding hydrogens is 901 g/mol. The van der Waals surface area contributed by atoms with Crippen LogP contribution < -0.4 is 16.0 Å². The summed E-state index contributed by atoms with van der Waals surface area (Å²) in [6, 6.07) is 5.76. The number of hydrogen-bond donors (Lipinski definition) is 7. The van der Waals surface area contributed by atoms with E-state index in [1.165, 1.54) is 18.9 Å². The fourth-order valence-electron chi connectivity index (χ4n) is 9.23. The van der Waals surface area contributed by atoms with Crippen LogP contribution in [0.15, 0.2) is 18.2 Å². The predicted octanol–water partition coefficient (Wildman–Crippen LogP) is 3.57. The van der Waals surface area contributed by atoms with Crippen LogP contribution in [0.4, 0.5) is 0 Å². The molecule has 0 radical (unpaired) electrons. The quantitative estimate of drug-likeness (QED) is 0.0384. The number of aromatic amines is 2. The normalized spacial score (nSPS) is 15.6. The van der Waals surface area contributed by atoms with Crippen LogP contribution in [-0.4, -0.2) is 173 Å². The number of nitrogens with one attached hydrogen (secondary N) is 5. The van der Waals surface area contributed by atoms with Crippen molar-refractivity contribution in [2.24, 2.45) is 0 Å². The van der Waals surface area contributed by atoms with Crippen LogP contribution in [-0.2, 0) is 41.6 Å². The number of carboxylic acid groups (broad SMARTS) is 2. The van der Waals surface area contributed by atoms with Crippen LogP contribution in [0.2, 0.25) is 0 Å². The second-order valence-corrected chi connectivity index (χ2v) is 18.5. The summed E-state index contributed by atoms with van der Waals surface area (Å²) >= 11 is 0. The van der Waals surface area contributed by atoms with E-state index < -0.39 is 36.3 Å². The molecule has 0 aromatic carbocycles. The van der Waals surface area contributed by atoms with E-state index in [0.29, 0.717) is 82.5 Å². The number of aromatic nitrogens is 4. The van der Waals surface area contributed by atoms with Gasteiger partial charge in [0.2, 0.25) is 11.8 Å². The van der Waals surface area contributed by atoms with Crippen molar-refractivity contribution in [2.75, 3.05) is 87.2 Å². The molecule has 0 spiro atoms. The Bertz CT molecular complexity index is 2620.